The summed E-state index contributed by atoms with van der Waals surface area (Å²) in [5.41, 5.74) is 5.54. The number of fused-ring (bicyclic) bond motifs is 1. The van der Waals surface area contributed by atoms with Crippen molar-refractivity contribution in [3.63, 3.8) is 0 Å². The molecule has 0 spiro atoms. The molecule has 4 unspecified atom stereocenters. The lowest BCUT2D eigenvalue weighted by molar-refractivity contribution is -0.225. The molecule has 3 rings (SSSR count). The molecule has 1 amide bonds. The van der Waals surface area contributed by atoms with Gasteiger partial charge in [0.15, 0.2) is 0 Å². The van der Waals surface area contributed by atoms with Crippen LogP contribution < -0.4 is 11.1 Å². The first-order valence-corrected chi connectivity index (χ1v) is 9.13. The molecule has 5 heteroatoms. The summed E-state index contributed by atoms with van der Waals surface area (Å²) in [7, 11) is 0. The van der Waals surface area contributed by atoms with Crippen molar-refractivity contribution < 1.29 is 9.53 Å². The number of nitrogens with two attached hydrogens (primary N) is 1. The molecule has 4 nitrogen and oxygen atoms in total. The van der Waals surface area contributed by atoms with Crippen molar-refractivity contribution in [1.82, 2.24) is 5.32 Å². The van der Waals surface area contributed by atoms with Gasteiger partial charge in [0.1, 0.15) is 5.54 Å². The standard InChI is InChI=1S/C16H28N2O2S/c1-14(2)12-11(6-4-8-20-12)16(14,17)13(19)18-10-15(3)7-5-9-21-15/h11-12H,4-10,17H2,1-3H3,(H,18,19). The topological polar surface area (TPSA) is 64.4 Å². The van der Waals surface area contributed by atoms with Gasteiger partial charge >= 0.3 is 0 Å². The highest BCUT2D eigenvalue weighted by Gasteiger charge is 2.70. The zero-order chi connectivity index (χ0) is 15.3. The summed E-state index contributed by atoms with van der Waals surface area (Å²) in [6.07, 6.45) is 4.57. The molecule has 2 heterocycles. The third-order valence-electron chi connectivity index (χ3n) is 5.98. The Kier molecular flexibility index (Phi) is 3.82. The number of thioether (sulfide) groups is 1. The highest BCUT2D eigenvalue weighted by atomic mass is 32.2. The van der Waals surface area contributed by atoms with Gasteiger partial charge in [0.2, 0.25) is 5.91 Å². The van der Waals surface area contributed by atoms with Gasteiger partial charge in [0.05, 0.1) is 6.10 Å². The van der Waals surface area contributed by atoms with E-state index < -0.39 is 5.54 Å². The molecule has 1 saturated carbocycles. The van der Waals surface area contributed by atoms with Gasteiger partial charge < -0.3 is 15.8 Å². The van der Waals surface area contributed by atoms with Crippen molar-refractivity contribution in [2.75, 3.05) is 18.9 Å². The van der Waals surface area contributed by atoms with Gasteiger partial charge in [0.25, 0.3) is 0 Å². The molecular formula is C16H28N2O2S. The average Bonchev–Trinajstić information content (AvgIpc) is 2.91. The minimum Gasteiger partial charge on any atom is -0.377 e. The van der Waals surface area contributed by atoms with Crippen LogP contribution in [0.4, 0.5) is 0 Å². The second-order valence-electron chi connectivity index (χ2n) is 7.72. The van der Waals surface area contributed by atoms with Crippen molar-refractivity contribution >= 4 is 17.7 Å². The lowest BCUT2D eigenvalue weighted by atomic mass is 9.46. The molecule has 0 radical (unpaired) electrons. The maximum Gasteiger partial charge on any atom is 0.241 e. The second-order valence-corrected chi connectivity index (χ2v) is 9.40. The van der Waals surface area contributed by atoms with Crippen molar-refractivity contribution in [1.29, 1.82) is 0 Å². The maximum absolute atomic E-state index is 12.8. The fraction of sp³-hybridized carbons (Fsp3) is 0.938. The zero-order valence-electron chi connectivity index (χ0n) is 13.4. The summed E-state index contributed by atoms with van der Waals surface area (Å²) in [6.45, 7) is 7.92. The quantitative estimate of drug-likeness (QED) is 0.836. The van der Waals surface area contributed by atoms with Crippen LogP contribution in [0.2, 0.25) is 0 Å². The minimum absolute atomic E-state index is 0.0213. The third-order valence-corrected chi connectivity index (χ3v) is 7.52. The number of hydrogen-bond acceptors (Lipinski definition) is 4. The van der Waals surface area contributed by atoms with E-state index in [1.54, 1.807) is 0 Å². The molecule has 4 atom stereocenters. The maximum atomic E-state index is 12.8. The Bertz CT molecular complexity index is 434. The highest BCUT2D eigenvalue weighted by molar-refractivity contribution is 8.00. The smallest absolute Gasteiger partial charge is 0.241 e. The van der Waals surface area contributed by atoms with Crippen LogP contribution in [0, 0.1) is 11.3 Å². The molecule has 3 fully saturated rings. The van der Waals surface area contributed by atoms with Crippen LogP contribution in [-0.4, -0.2) is 41.2 Å². The predicted molar refractivity (Wildman–Crippen MR) is 86.3 cm³/mol. The Morgan fingerprint density at radius 3 is 2.81 bits per heavy atom. The third kappa shape index (κ3) is 2.23. The van der Waals surface area contributed by atoms with Crippen LogP contribution in [0.1, 0.15) is 46.5 Å². The zero-order valence-corrected chi connectivity index (χ0v) is 14.2. The number of hydrogen-bond donors (Lipinski definition) is 2. The summed E-state index contributed by atoms with van der Waals surface area (Å²) in [6, 6.07) is 0. The molecule has 0 bridgehead atoms. The fourth-order valence-corrected chi connectivity index (χ4v) is 5.67. The number of rotatable bonds is 3. The number of ether oxygens (including phenoxy) is 1. The SMILES string of the molecule is CC1(CNC(=O)C2(N)C3CCCOC3C2(C)C)CCCS1. The number of carbonyl (C=O) groups excluding carboxylic acids is 1. The molecular weight excluding hydrogens is 284 g/mol. The van der Waals surface area contributed by atoms with Crippen molar-refractivity contribution in [2.24, 2.45) is 17.1 Å². The van der Waals surface area contributed by atoms with Crippen molar-refractivity contribution in [2.45, 2.75) is 62.8 Å². The molecule has 0 aromatic carbocycles. The largest absolute Gasteiger partial charge is 0.377 e. The van der Waals surface area contributed by atoms with Crippen molar-refractivity contribution in [3.05, 3.63) is 0 Å². The van der Waals surface area contributed by atoms with Gasteiger partial charge in [-0.25, -0.2) is 0 Å². The molecule has 120 valence electrons. The van der Waals surface area contributed by atoms with Crippen LogP contribution in [0.15, 0.2) is 0 Å². The Morgan fingerprint density at radius 2 is 2.14 bits per heavy atom. The number of amides is 1. The first-order chi connectivity index (χ1) is 9.81. The van der Waals surface area contributed by atoms with Gasteiger partial charge in [-0.15, -0.1) is 0 Å². The van der Waals surface area contributed by atoms with Crippen LogP contribution in [0.3, 0.4) is 0 Å². The van der Waals surface area contributed by atoms with E-state index in [2.05, 4.69) is 26.1 Å². The van der Waals surface area contributed by atoms with Gasteiger partial charge in [-0.1, -0.05) is 13.8 Å². The van der Waals surface area contributed by atoms with E-state index in [0.717, 1.165) is 26.0 Å². The number of carbonyl (C=O) groups is 1. The number of nitrogens with one attached hydrogen (secondary N) is 1. The van der Waals surface area contributed by atoms with Crippen LogP contribution >= 0.6 is 11.8 Å². The average molecular weight is 312 g/mol. The minimum atomic E-state index is -0.780. The van der Waals surface area contributed by atoms with Gasteiger partial charge in [-0.2, -0.15) is 11.8 Å². The predicted octanol–water partition coefficient (Wildman–Crippen LogP) is 1.92. The van der Waals surface area contributed by atoms with E-state index in [4.69, 9.17) is 10.5 Å². The van der Waals surface area contributed by atoms with Crippen molar-refractivity contribution in [3.8, 4) is 0 Å². The normalized spacial score (nSPS) is 44.8. The Morgan fingerprint density at radius 1 is 1.38 bits per heavy atom. The molecule has 2 aliphatic heterocycles. The van der Waals surface area contributed by atoms with Crippen LogP contribution in [0.25, 0.3) is 0 Å². The summed E-state index contributed by atoms with van der Waals surface area (Å²) < 4.78 is 6.05. The molecule has 2 saturated heterocycles. The molecule has 0 aromatic rings. The first-order valence-electron chi connectivity index (χ1n) is 8.14. The molecule has 0 aromatic heterocycles. The van der Waals surface area contributed by atoms with E-state index in [9.17, 15) is 4.79 Å². The van der Waals surface area contributed by atoms with Gasteiger partial charge in [-0.3, -0.25) is 4.79 Å². The van der Waals surface area contributed by atoms with E-state index in [0.29, 0.717) is 0 Å². The molecule has 3 N–H and O–H groups in total. The van der Waals surface area contributed by atoms with Gasteiger partial charge in [0, 0.05) is 29.2 Å². The summed E-state index contributed by atoms with van der Waals surface area (Å²) in [5.74, 6) is 1.39. The lowest BCUT2D eigenvalue weighted by Gasteiger charge is -2.65. The Labute approximate surface area is 131 Å². The van der Waals surface area contributed by atoms with Gasteiger partial charge in [-0.05, 0) is 38.4 Å². The van der Waals surface area contributed by atoms with E-state index in [1.165, 1.54) is 18.6 Å². The Hall–Kier alpha value is -0.260. The lowest BCUT2D eigenvalue weighted by Crippen LogP contribution is -2.82. The summed E-state index contributed by atoms with van der Waals surface area (Å²) in [5, 5.41) is 3.16. The monoisotopic (exact) mass is 312 g/mol. The first kappa shape index (κ1) is 15.6. The Balaban J connectivity index is 1.68. The van der Waals surface area contributed by atoms with E-state index in [-0.39, 0.29) is 28.1 Å². The fourth-order valence-electron chi connectivity index (χ4n) is 4.43. The molecule has 21 heavy (non-hydrogen) atoms. The second kappa shape index (κ2) is 5.14. The van der Waals surface area contributed by atoms with E-state index >= 15 is 0 Å². The molecule has 1 aliphatic carbocycles. The molecule has 3 aliphatic rings. The highest BCUT2D eigenvalue weighted by Crippen LogP contribution is 2.57. The van der Waals surface area contributed by atoms with Crippen LogP contribution in [-0.2, 0) is 9.53 Å². The summed E-state index contributed by atoms with van der Waals surface area (Å²) >= 11 is 1.97. The summed E-state index contributed by atoms with van der Waals surface area (Å²) in [4.78, 5) is 12.8. The van der Waals surface area contributed by atoms with Crippen LogP contribution in [0.5, 0.6) is 0 Å². The van der Waals surface area contributed by atoms with E-state index in [1.807, 2.05) is 11.8 Å².